The summed E-state index contributed by atoms with van der Waals surface area (Å²) in [6.45, 7) is 4.77. The highest BCUT2D eigenvalue weighted by Gasteiger charge is 2.52. The molecule has 0 N–H and O–H groups in total. The van der Waals surface area contributed by atoms with Gasteiger partial charge in [-0.05, 0) is 172 Å². The normalized spacial score (nSPS) is 15.5. The number of benzene rings is 7. The first-order valence-corrected chi connectivity index (χ1v) is 20.7. The van der Waals surface area contributed by atoms with Crippen LogP contribution >= 0.6 is 0 Å². The van der Waals surface area contributed by atoms with Crippen molar-refractivity contribution in [2.75, 3.05) is 4.90 Å². The van der Waals surface area contributed by atoms with Crippen LogP contribution in [0.5, 0.6) is 0 Å². The van der Waals surface area contributed by atoms with Gasteiger partial charge in [0.2, 0.25) is 0 Å². The quantitative estimate of drug-likeness (QED) is 0.172. The molecule has 0 saturated heterocycles. The Morgan fingerprint density at radius 1 is 0.400 bits per heavy atom. The van der Waals surface area contributed by atoms with Gasteiger partial charge in [0.1, 0.15) is 0 Å². The third-order valence-electron chi connectivity index (χ3n) is 13.4. The van der Waals surface area contributed by atoms with Gasteiger partial charge < -0.3 is 4.90 Å². The summed E-state index contributed by atoms with van der Waals surface area (Å²) in [6.07, 6.45) is 9.78. The number of hydrogen-bond donors (Lipinski definition) is 0. The summed E-state index contributed by atoms with van der Waals surface area (Å²) >= 11 is 0. The predicted molar refractivity (Wildman–Crippen MR) is 230 cm³/mol. The molecule has 268 valence electrons. The molecule has 0 aliphatic heterocycles. The average Bonchev–Trinajstić information content (AvgIpc) is 3.70. The van der Waals surface area contributed by atoms with Crippen LogP contribution < -0.4 is 4.90 Å². The van der Waals surface area contributed by atoms with E-state index in [-0.39, 0.29) is 0 Å². The van der Waals surface area contributed by atoms with Gasteiger partial charge in [-0.15, -0.1) is 0 Å². The van der Waals surface area contributed by atoms with E-state index >= 15 is 0 Å². The predicted octanol–water partition coefficient (Wildman–Crippen LogP) is 14.0. The fourth-order valence-corrected chi connectivity index (χ4v) is 10.9. The Bertz CT molecular complexity index is 2600. The largest absolute Gasteiger partial charge is 0.310 e. The first-order valence-electron chi connectivity index (χ1n) is 20.7. The summed E-state index contributed by atoms with van der Waals surface area (Å²) in [5.74, 6) is 0.393. The van der Waals surface area contributed by atoms with E-state index in [2.05, 4.69) is 164 Å². The zero-order valence-corrected chi connectivity index (χ0v) is 32.0. The van der Waals surface area contributed by atoms with Crippen LogP contribution in [0.25, 0.3) is 33.4 Å². The molecule has 4 aliphatic rings. The fourth-order valence-electron chi connectivity index (χ4n) is 10.9. The van der Waals surface area contributed by atoms with Crippen molar-refractivity contribution in [1.82, 2.24) is 0 Å². The molecule has 55 heavy (non-hydrogen) atoms. The van der Waals surface area contributed by atoms with Gasteiger partial charge in [-0.3, -0.25) is 0 Å². The van der Waals surface area contributed by atoms with Gasteiger partial charge in [0.05, 0.1) is 11.1 Å². The molecule has 4 aliphatic carbocycles. The second-order valence-corrected chi connectivity index (χ2v) is 16.7. The number of aryl methyl sites for hydroxylation is 4. The summed E-state index contributed by atoms with van der Waals surface area (Å²) in [4.78, 5) is 2.59. The van der Waals surface area contributed by atoms with Crippen LogP contribution in [0.4, 0.5) is 17.1 Å². The van der Waals surface area contributed by atoms with E-state index in [1.165, 1.54) is 133 Å². The van der Waals surface area contributed by atoms with Crippen molar-refractivity contribution in [2.24, 2.45) is 0 Å². The van der Waals surface area contributed by atoms with Crippen LogP contribution in [0.2, 0.25) is 0 Å². The average molecular weight is 710 g/mol. The third-order valence-corrected chi connectivity index (χ3v) is 13.4. The first kappa shape index (κ1) is 32.7. The number of para-hydroxylation sites is 1. The highest BCUT2D eigenvalue weighted by Crippen LogP contribution is 2.64. The molecule has 1 nitrogen and oxygen atoms in total. The first-order chi connectivity index (χ1) is 27.1. The van der Waals surface area contributed by atoms with E-state index in [0.717, 1.165) is 12.8 Å². The monoisotopic (exact) mass is 709 g/mol. The number of hydrogen-bond acceptors (Lipinski definition) is 1. The van der Waals surface area contributed by atoms with E-state index in [1.807, 2.05) is 0 Å². The van der Waals surface area contributed by atoms with Gasteiger partial charge in [0, 0.05) is 16.9 Å². The lowest BCUT2D eigenvalue weighted by atomic mass is 9.70. The van der Waals surface area contributed by atoms with Crippen LogP contribution in [0, 0.1) is 0 Å². The number of rotatable bonds is 5. The molecule has 7 aromatic rings. The molecule has 0 bridgehead atoms. The van der Waals surface area contributed by atoms with Gasteiger partial charge in [-0.1, -0.05) is 123 Å². The molecule has 0 heterocycles. The van der Waals surface area contributed by atoms with Crippen molar-refractivity contribution in [3.8, 4) is 33.4 Å². The molecule has 1 spiro atoms. The fraction of sp³-hybridized carbons (Fsp3) is 0.222. The van der Waals surface area contributed by atoms with Crippen molar-refractivity contribution >= 4 is 17.1 Å². The molecule has 0 amide bonds. The lowest BCUT2D eigenvalue weighted by molar-refractivity contribution is 0.683. The number of nitrogens with zero attached hydrogens (tertiary/aromatic N) is 1. The van der Waals surface area contributed by atoms with Gasteiger partial charge in [-0.2, -0.15) is 0 Å². The maximum Gasteiger partial charge on any atom is 0.0726 e. The molecule has 0 atom stereocenters. The highest BCUT2D eigenvalue weighted by atomic mass is 15.1. The molecule has 1 heteroatoms. The Morgan fingerprint density at radius 3 is 1.55 bits per heavy atom. The van der Waals surface area contributed by atoms with Crippen molar-refractivity contribution in [3.63, 3.8) is 0 Å². The minimum absolute atomic E-state index is 0.393. The Kier molecular flexibility index (Phi) is 7.56. The maximum atomic E-state index is 2.62. The van der Waals surface area contributed by atoms with Crippen molar-refractivity contribution in [2.45, 2.75) is 76.5 Å². The van der Waals surface area contributed by atoms with Crippen molar-refractivity contribution in [3.05, 3.63) is 196 Å². The molecular weight excluding hydrogens is 663 g/mol. The molecule has 0 unspecified atom stereocenters. The zero-order chi connectivity index (χ0) is 36.7. The van der Waals surface area contributed by atoms with E-state index < -0.39 is 5.41 Å². The summed E-state index contributed by atoms with van der Waals surface area (Å²) < 4.78 is 0. The zero-order valence-electron chi connectivity index (χ0n) is 32.0. The molecule has 7 aromatic carbocycles. The Labute approximate surface area is 326 Å². The van der Waals surface area contributed by atoms with Crippen LogP contribution in [0.3, 0.4) is 0 Å². The van der Waals surface area contributed by atoms with E-state index in [9.17, 15) is 0 Å². The molecular formula is C54H47N. The lowest BCUT2D eigenvalue weighted by Crippen LogP contribution is -2.26. The van der Waals surface area contributed by atoms with Crippen molar-refractivity contribution in [1.29, 1.82) is 0 Å². The highest BCUT2D eigenvalue weighted by molar-refractivity contribution is 6.00. The van der Waals surface area contributed by atoms with E-state index in [4.69, 9.17) is 0 Å². The minimum atomic E-state index is -0.415. The van der Waals surface area contributed by atoms with Crippen LogP contribution in [-0.4, -0.2) is 0 Å². The topological polar surface area (TPSA) is 3.24 Å². The van der Waals surface area contributed by atoms with Gasteiger partial charge >= 0.3 is 0 Å². The molecule has 0 aromatic heterocycles. The summed E-state index contributed by atoms with van der Waals surface area (Å²) in [6, 6.07) is 56.6. The Hall–Kier alpha value is -5.66. The Morgan fingerprint density at radius 2 is 0.927 bits per heavy atom. The second kappa shape index (κ2) is 12.7. The van der Waals surface area contributed by atoms with Gasteiger partial charge in [0.25, 0.3) is 0 Å². The minimum Gasteiger partial charge on any atom is -0.310 e. The Balaban J connectivity index is 1.28. The summed E-state index contributed by atoms with van der Waals surface area (Å²) in [5, 5.41) is 0. The van der Waals surface area contributed by atoms with Crippen LogP contribution in [0.1, 0.15) is 95.5 Å². The maximum absolute atomic E-state index is 2.62. The van der Waals surface area contributed by atoms with E-state index in [1.54, 1.807) is 5.56 Å². The molecule has 0 radical (unpaired) electrons. The number of fused-ring (bicyclic) bond motifs is 12. The summed E-state index contributed by atoms with van der Waals surface area (Å²) in [5.41, 5.74) is 24.5. The standard InChI is InChI=1S/C54H47N/c1-35(2)45-31-38-18-8-9-19-39(38)32-46(45)48-33-47-44-24-12-15-27-51(44)54(49-25-13-10-22-42(49)43-23-11-14-26-50(43)54)52(47)34-53(48)55(40-20-4-3-5-21-40)41-29-28-36-16-6-7-17-37(36)30-41/h3-5,10-15,20-35H,6-9,16-19H2,1-2H3. The molecule has 11 rings (SSSR count). The smallest absolute Gasteiger partial charge is 0.0726 e. The second-order valence-electron chi connectivity index (χ2n) is 16.7. The molecule has 0 saturated carbocycles. The van der Waals surface area contributed by atoms with Crippen molar-refractivity contribution < 1.29 is 0 Å². The SMILES string of the molecule is CC(C)c1cc2c(cc1-c1cc3c(cc1N(c1ccccc1)c1ccc4c(c1)CCCC4)C1(c4ccccc4-c4ccccc41)c1ccccc1-3)CCCC2. The van der Waals surface area contributed by atoms with Gasteiger partial charge in [-0.25, -0.2) is 0 Å². The van der Waals surface area contributed by atoms with Gasteiger partial charge in [0.15, 0.2) is 0 Å². The third kappa shape index (κ3) is 4.85. The van der Waals surface area contributed by atoms with Crippen LogP contribution in [-0.2, 0) is 31.1 Å². The van der Waals surface area contributed by atoms with Crippen LogP contribution in [0.15, 0.2) is 146 Å². The number of anilines is 3. The molecule has 0 fully saturated rings. The summed E-state index contributed by atoms with van der Waals surface area (Å²) in [7, 11) is 0. The van der Waals surface area contributed by atoms with E-state index in [0.29, 0.717) is 5.92 Å². The lowest BCUT2D eigenvalue weighted by Gasteiger charge is -2.34.